The number of rotatable bonds is 34. The standard InChI is InChI=1S/C31H60O13/c1-6-28(3)29(32)43-26-24-41-22-20-39-18-16-37-14-12-35-10-8-34-9-11-36-13-15-38-17-19-40-21-23-42-25-27-44-30(33)31(4,5)7-2/h28H,6-27H2,1-5H3. The van der Waals surface area contributed by atoms with Gasteiger partial charge in [-0.3, -0.25) is 9.59 Å². The molecule has 262 valence electrons. The molecule has 0 rings (SSSR count). The smallest absolute Gasteiger partial charge is 0.311 e. The van der Waals surface area contributed by atoms with Gasteiger partial charge in [-0.1, -0.05) is 20.8 Å². The van der Waals surface area contributed by atoms with Crippen LogP contribution in [0, 0.1) is 11.3 Å². The fraction of sp³-hybridized carbons (Fsp3) is 0.935. The molecule has 0 spiro atoms. The first-order valence-corrected chi connectivity index (χ1v) is 15.9. The minimum Gasteiger partial charge on any atom is -0.463 e. The van der Waals surface area contributed by atoms with Crippen LogP contribution in [0.1, 0.15) is 47.5 Å². The second kappa shape index (κ2) is 31.6. The van der Waals surface area contributed by atoms with Gasteiger partial charge in [0.1, 0.15) is 13.2 Å². The van der Waals surface area contributed by atoms with E-state index in [1.807, 2.05) is 34.6 Å². The third-order valence-electron chi connectivity index (χ3n) is 6.36. The predicted molar refractivity (Wildman–Crippen MR) is 163 cm³/mol. The van der Waals surface area contributed by atoms with Gasteiger partial charge in [0.2, 0.25) is 0 Å². The molecule has 13 heteroatoms. The molecule has 13 nitrogen and oxygen atoms in total. The molecule has 0 aromatic heterocycles. The SMILES string of the molecule is CCC(C)C(=O)OCCOCCOCCOCCOCCOCCOCCOCCOCCOCCOC(=O)C(C)(C)CC. The van der Waals surface area contributed by atoms with Crippen LogP contribution >= 0.6 is 0 Å². The fourth-order valence-electron chi connectivity index (χ4n) is 2.90. The minimum atomic E-state index is -0.458. The zero-order valence-corrected chi connectivity index (χ0v) is 27.9. The highest BCUT2D eigenvalue weighted by Crippen LogP contribution is 2.21. The van der Waals surface area contributed by atoms with Crippen LogP contribution in [0.25, 0.3) is 0 Å². The van der Waals surface area contributed by atoms with E-state index in [1.165, 1.54) is 0 Å². The van der Waals surface area contributed by atoms with Crippen molar-refractivity contribution in [2.45, 2.75) is 47.5 Å². The maximum absolute atomic E-state index is 11.8. The molecular formula is C31H60O13. The Kier molecular flexibility index (Phi) is 30.5. The maximum Gasteiger partial charge on any atom is 0.311 e. The summed E-state index contributed by atoms with van der Waals surface area (Å²) in [4.78, 5) is 23.3. The van der Waals surface area contributed by atoms with E-state index < -0.39 is 5.41 Å². The van der Waals surface area contributed by atoms with Crippen LogP contribution in [0.2, 0.25) is 0 Å². The van der Waals surface area contributed by atoms with Crippen molar-refractivity contribution < 1.29 is 61.7 Å². The number of hydrogen-bond acceptors (Lipinski definition) is 13. The number of carbonyl (C=O) groups excluding carboxylic acids is 2. The lowest BCUT2D eigenvalue weighted by Gasteiger charge is -2.20. The molecule has 0 aliphatic heterocycles. The maximum atomic E-state index is 11.8. The van der Waals surface area contributed by atoms with E-state index in [-0.39, 0.29) is 31.1 Å². The highest BCUT2D eigenvalue weighted by Gasteiger charge is 2.26. The Bertz CT molecular complexity index is 648. The van der Waals surface area contributed by atoms with Crippen molar-refractivity contribution in [3.05, 3.63) is 0 Å². The summed E-state index contributed by atoms with van der Waals surface area (Å²) in [5, 5.41) is 0. The highest BCUT2D eigenvalue weighted by molar-refractivity contribution is 5.75. The lowest BCUT2D eigenvalue weighted by Crippen LogP contribution is -2.27. The van der Waals surface area contributed by atoms with Crippen LogP contribution in [0.4, 0.5) is 0 Å². The average Bonchev–Trinajstić information content (AvgIpc) is 3.02. The Hall–Kier alpha value is -1.42. The first-order valence-electron chi connectivity index (χ1n) is 15.9. The summed E-state index contributed by atoms with van der Waals surface area (Å²) in [6.07, 6.45) is 1.50. The summed E-state index contributed by atoms with van der Waals surface area (Å²) in [5.74, 6) is -0.464. The monoisotopic (exact) mass is 640 g/mol. The third kappa shape index (κ3) is 28.1. The van der Waals surface area contributed by atoms with E-state index in [0.29, 0.717) is 119 Å². The van der Waals surface area contributed by atoms with Gasteiger partial charge in [-0.15, -0.1) is 0 Å². The lowest BCUT2D eigenvalue weighted by atomic mass is 9.91. The zero-order valence-electron chi connectivity index (χ0n) is 27.9. The molecule has 0 saturated heterocycles. The Morgan fingerprint density at radius 3 is 0.955 bits per heavy atom. The van der Waals surface area contributed by atoms with Crippen LogP contribution in [0.15, 0.2) is 0 Å². The van der Waals surface area contributed by atoms with Crippen molar-refractivity contribution >= 4 is 11.9 Å². The summed E-state index contributed by atoms with van der Waals surface area (Å²) in [6.45, 7) is 18.3. The van der Waals surface area contributed by atoms with E-state index in [9.17, 15) is 9.59 Å². The largest absolute Gasteiger partial charge is 0.463 e. The van der Waals surface area contributed by atoms with Crippen molar-refractivity contribution in [3.8, 4) is 0 Å². The Balaban J connectivity index is 3.15. The van der Waals surface area contributed by atoms with Gasteiger partial charge < -0.3 is 52.1 Å². The quantitative estimate of drug-likeness (QED) is 0.0754. The van der Waals surface area contributed by atoms with Crippen molar-refractivity contribution in [1.29, 1.82) is 0 Å². The molecule has 0 heterocycles. The molecule has 1 unspecified atom stereocenters. The van der Waals surface area contributed by atoms with Crippen molar-refractivity contribution in [1.82, 2.24) is 0 Å². The molecule has 44 heavy (non-hydrogen) atoms. The van der Waals surface area contributed by atoms with Gasteiger partial charge in [0.05, 0.1) is 130 Å². The van der Waals surface area contributed by atoms with Crippen LogP contribution < -0.4 is 0 Å². The first kappa shape index (κ1) is 42.6. The Morgan fingerprint density at radius 2 is 0.705 bits per heavy atom. The fourth-order valence-corrected chi connectivity index (χ4v) is 2.90. The van der Waals surface area contributed by atoms with Gasteiger partial charge >= 0.3 is 11.9 Å². The summed E-state index contributed by atoms with van der Waals surface area (Å²) in [7, 11) is 0. The Morgan fingerprint density at radius 1 is 0.455 bits per heavy atom. The van der Waals surface area contributed by atoms with Gasteiger partial charge in [0, 0.05) is 0 Å². The van der Waals surface area contributed by atoms with Crippen LogP contribution in [-0.4, -0.2) is 144 Å². The van der Waals surface area contributed by atoms with Gasteiger partial charge in [-0.05, 0) is 26.7 Å². The molecule has 0 aromatic rings. The summed E-state index contributed by atoms with van der Waals surface area (Å²) >= 11 is 0. The van der Waals surface area contributed by atoms with E-state index in [1.54, 1.807) is 0 Å². The molecule has 0 radical (unpaired) electrons. The van der Waals surface area contributed by atoms with Gasteiger partial charge in [-0.2, -0.15) is 0 Å². The molecule has 0 fully saturated rings. The minimum absolute atomic E-state index is 0.0756. The Labute approximate surface area is 264 Å². The van der Waals surface area contributed by atoms with Gasteiger partial charge in [-0.25, -0.2) is 0 Å². The van der Waals surface area contributed by atoms with Crippen molar-refractivity contribution in [3.63, 3.8) is 0 Å². The molecule has 1 atom stereocenters. The second-order valence-corrected chi connectivity index (χ2v) is 10.4. The molecule has 0 saturated carbocycles. The lowest BCUT2D eigenvalue weighted by molar-refractivity contribution is -0.155. The number of esters is 2. The number of ether oxygens (including phenoxy) is 11. The molecule has 0 N–H and O–H groups in total. The molecule has 0 bridgehead atoms. The molecule has 0 amide bonds. The normalized spacial score (nSPS) is 12.4. The number of carbonyl (C=O) groups is 2. The molecular weight excluding hydrogens is 580 g/mol. The topological polar surface area (TPSA) is 136 Å². The van der Waals surface area contributed by atoms with Gasteiger partial charge in [0.25, 0.3) is 0 Å². The second-order valence-electron chi connectivity index (χ2n) is 10.4. The van der Waals surface area contributed by atoms with Gasteiger partial charge in [0.15, 0.2) is 0 Å². The first-order chi connectivity index (χ1) is 21.3. The third-order valence-corrected chi connectivity index (χ3v) is 6.36. The van der Waals surface area contributed by atoms with E-state index in [2.05, 4.69) is 0 Å². The van der Waals surface area contributed by atoms with Crippen LogP contribution in [0.3, 0.4) is 0 Å². The highest BCUT2D eigenvalue weighted by atomic mass is 16.6. The van der Waals surface area contributed by atoms with Crippen molar-refractivity contribution in [2.24, 2.45) is 11.3 Å². The van der Waals surface area contributed by atoms with E-state index in [4.69, 9.17) is 52.1 Å². The van der Waals surface area contributed by atoms with Crippen molar-refractivity contribution in [2.75, 3.05) is 132 Å². The predicted octanol–water partition coefficient (Wildman–Crippen LogP) is 2.70. The molecule has 0 aliphatic carbocycles. The summed E-state index contributed by atoms with van der Waals surface area (Å²) in [6, 6.07) is 0. The number of hydrogen-bond donors (Lipinski definition) is 0. The van der Waals surface area contributed by atoms with Crippen LogP contribution in [-0.2, 0) is 61.7 Å². The molecule has 0 aromatic carbocycles. The zero-order chi connectivity index (χ0) is 32.6. The van der Waals surface area contributed by atoms with E-state index >= 15 is 0 Å². The molecule has 0 aliphatic rings. The van der Waals surface area contributed by atoms with Crippen LogP contribution in [0.5, 0.6) is 0 Å². The van der Waals surface area contributed by atoms with E-state index in [0.717, 1.165) is 12.8 Å². The average molecular weight is 641 g/mol. The summed E-state index contributed by atoms with van der Waals surface area (Å²) in [5.41, 5.74) is -0.458. The summed E-state index contributed by atoms with van der Waals surface area (Å²) < 4.78 is 59.2.